The molecule has 0 bridgehead atoms. The minimum atomic E-state index is -0.986. The Morgan fingerprint density at radius 1 is 1.30 bits per heavy atom. The first kappa shape index (κ1) is 12.2. The number of aromatic nitrogens is 3. The number of nitrogens with two attached hydrogens (primary N) is 1. The van der Waals surface area contributed by atoms with Gasteiger partial charge in [-0.05, 0) is 23.3 Å². The third kappa shape index (κ3) is 1.96. The van der Waals surface area contributed by atoms with Gasteiger partial charge in [-0.25, -0.2) is 4.79 Å². The van der Waals surface area contributed by atoms with E-state index in [0.29, 0.717) is 13.1 Å². The molecule has 1 aliphatic rings. The van der Waals surface area contributed by atoms with E-state index in [1.165, 1.54) is 6.07 Å². The number of carboxylic acid groups (broad SMARTS) is 1. The average molecular weight is 273 g/mol. The van der Waals surface area contributed by atoms with Crippen molar-refractivity contribution in [3.05, 3.63) is 40.7 Å². The molecule has 102 valence electrons. The lowest BCUT2D eigenvalue weighted by Gasteiger charge is -2.12. The van der Waals surface area contributed by atoms with E-state index >= 15 is 0 Å². The number of nitrogens with one attached hydrogen (secondary N) is 1. The highest BCUT2D eigenvalue weighted by Crippen LogP contribution is 2.24. The van der Waals surface area contributed by atoms with Gasteiger partial charge in [0.1, 0.15) is 0 Å². The zero-order valence-corrected chi connectivity index (χ0v) is 10.3. The van der Waals surface area contributed by atoms with Crippen LogP contribution in [0.15, 0.2) is 18.2 Å². The van der Waals surface area contributed by atoms with Crippen LogP contribution < -0.4 is 5.73 Å². The minimum Gasteiger partial charge on any atom is -0.478 e. The number of aromatic amines is 1. The molecule has 0 saturated heterocycles. The summed E-state index contributed by atoms with van der Waals surface area (Å²) in [5, 5.41) is 15.0. The Bertz CT molecular complexity index is 709. The molecule has 0 fully saturated rings. The first-order valence-corrected chi connectivity index (χ1v) is 5.87. The van der Waals surface area contributed by atoms with Crippen molar-refractivity contribution in [1.29, 1.82) is 0 Å². The molecule has 0 spiro atoms. The predicted octanol–water partition coefficient (Wildman–Crippen LogP) is 0.241. The second-order valence-electron chi connectivity index (χ2n) is 4.49. The molecule has 0 aliphatic carbocycles. The molecule has 4 N–H and O–H groups in total. The number of hydrogen-bond acceptors (Lipinski definition) is 5. The zero-order valence-electron chi connectivity index (χ0n) is 10.3. The first-order chi connectivity index (χ1) is 9.54. The highest BCUT2D eigenvalue weighted by atomic mass is 16.4. The van der Waals surface area contributed by atoms with Crippen molar-refractivity contribution >= 4 is 17.8 Å². The van der Waals surface area contributed by atoms with E-state index < -0.39 is 5.97 Å². The third-order valence-electron chi connectivity index (χ3n) is 3.17. The van der Waals surface area contributed by atoms with Gasteiger partial charge in [0.25, 0.3) is 5.91 Å². The summed E-state index contributed by atoms with van der Waals surface area (Å²) >= 11 is 0. The maximum atomic E-state index is 12.2. The summed E-state index contributed by atoms with van der Waals surface area (Å²) in [6, 6.07) is 4.84. The highest BCUT2D eigenvalue weighted by molar-refractivity contribution is 5.91. The van der Waals surface area contributed by atoms with Gasteiger partial charge in [-0.15, -0.1) is 5.10 Å². The number of fused-ring (bicyclic) bond motifs is 1. The van der Waals surface area contributed by atoms with E-state index in [1.807, 2.05) is 0 Å². The number of carboxylic acids is 1. The Labute approximate surface area is 113 Å². The van der Waals surface area contributed by atoms with Crippen LogP contribution in [-0.4, -0.2) is 37.1 Å². The molecule has 1 aromatic heterocycles. The van der Waals surface area contributed by atoms with Crippen LogP contribution in [0.25, 0.3) is 0 Å². The van der Waals surface area contributed by atoms with E-state index in [0.717, 1.165) is 11.1 Å². The largest absolute Gasteiger partial charge is 0.478 e. The van der Waals surface area contributed by atoms with Crippen molar-refractivity contribution in [2.75, 3.05) is 5.73 Å². The molecule has 8 heteroatoms. The Kier molecular flexibility index (Phi) is 2.63. The lowest BCUT2D eigenvalue weighted by Crippen LogP contribution is -2.26. The van der Waals surface area contributed by atoms with Gasteiger partial charge in [0, 0.05) is 13.1 Å². The third-order valence-corrected chi connectivity index (χ3v) is 3.17. The van der Waals surface area contributed by atoms with Crippen molar-refractivity contribution in [2.45, 2.75) is 13.1 Å². The number of amides is 1. The fraction of sp³-hybridized carbons (Fsp3) is 0.167. The van der Waals surface area contributed by atoms with Gasteiger partial charge in [0.2, 0.25) is 11.8 Å². The molecule has 3 rings (SSSR count). The fourth-order valence-electron chi connectivity index (χ4n) is 2.19. The van der Waals surface area contributed by atoms with Crippen LogP contribution in [0.4, 0.5) is 5.95 Å². The molecule has 1 aromatic carbocycles. The normalized spacial score (nSPS) is 13.3. The number of rotatable bonds is 2. The van der Waals surface area contributed by atoms with Gasteiger partial charge >= 0.3 is 5.97 Å². The second kappa shape index (κ2) is 4.34. The van der Waals surface area contributed by atoms with Crippen LogP contribution in [0, 0.1) is 0 Å². The number of carbonyl (C=O) groups excluding carboxylic acids is 1. The maximum absolute atomic E-state index is 12.2. The van der Waals surface area contributed by atoms with Crippen LogP contribution >= 0.6 is 0 Å². The summed E-state index contributed by atoms with van der Waals surface area (Å²) in [6.45, 7) is 0.755. The molecule has 0 atom stereocenters. The van der Waals surface area contributed by atoms with Crippen LogP contribution in [0.1, 0.15) is 32.1 Å². The Balaban J connectivity index is 1.83. The molecule has 20 heavy (non-hydrogen) atoms. The molecule has 8 nitrogen and oxygen atoms in total. The first-order valence-electron chi connectivity index (χ1n) is 5.87. The predicted molar refractivity (Wildman–Crippen MR) is 67.8 cm³/mol. The number of hydrogen-bond donors (Lipinski definition) is 3. The maximum Gasteiger partial charge on any atom is 0.335 e. The van der Waals surface area contributed by atoms with Gasteiger partial charge in [0.15, 0.2) is 0 Å². The number of anilines is 1. The van der Waals surface area contributed by atoms with Crippen molar-refractivity contribution in [1.82, 2.24) is 20.1 Å². The monoisotopic (exact) mass is 273 g/mol. The fourth-order valence-corrected chi connectivity index (χ4v) is 2.19. The van der Waals surface area contributed by atoms with Crippen LogP contribution in [0.5, 0.6) is 0 Å². The Hall–Kier alpha value is -2.90. The molecular formula is C12H11N5O3. The van der Waals surface area contributed by atoms with Crippen molar-refractivity contribution in [3.8, 4) is 0 Å². The Morgan fingerprint density at radius 2 is 2.05 bits per heavy atom. The SMILES string of the molecule is Nc1n[nH]c(C(=O)N2Cc3ccc(C(=O)O)cc3C2)n1. The summed E-state index contributed by atoms with van der Waals surface area (Å²) in [5.74, 6) is -1.21. The van der Waals surface area contributed by atoms with Gasteiger partial charge in [-0.1, -0.05) is 6.07 Å². The number of aromatic carboxylic acids is 1. The van der Waals surface area contributed by atoms with E-state index in [-0.39, 0.29) is 23.2 Å². The molecule has 0 radical (unpaired) electrons. The molecule has 2 aromatic rings. The van der Waals surface area contributed by atoms with Crippen molar-refractivity contribution in [2.24, 2.45) is 0 Å². The molecule has 0 saturated carbocycles. The quantitative estimate of drug-likeness (QED) is 0.719. The number of carbonyl (C=O) groups is 2. The summed E-state index contributed by atoms with van der Waals surface area (Å²) in [4.78, 5) is 28.4. The van der Waals surface area contributed by atoms with E-state index in [9.17, 15) is 9.59 Å². The highest BCUT2D eigenvalue weighted by Gasteiger charge is 2.26. The summed E-state index contributed by atoms with van der Waals surface area (Å²) in [6.07, 6.45) is 0. The second-order valence-corrected chi connectivity index (χ2v) is 4.49. The minimum absolute atomic E-state index is 0.0122. The number of benzene rings is 1. The van der Waals surface area contributed by atoms with Crippen molar-refractivity contribution in [3.63, 3.8) is 0 Å². The summed E-state index contributed by atoms with van der Waals surface area (Å²) < 4.78 is 0. The lowest BCUT2D eigenvalue weighted by atomic mass is 10.1. The van der Waals surface area contributed by atoms with E-state index in [1.54, 1.807) is 17.0 Å². The number of H-pyrrole nitrogens is 1. The lowest BCUT2D eigenvalue weighted by molar-refractivity contribution is 0.0696. The average Bonchev–Trinajstić information content (AvgIpc) is 3.02. The van der Waals surface area contributed by atoms with E-state index in [4.69, 9.17) is 10.8 Å². The smallest absolute Gasteiger partial charge is 0.335 e. The van der Waals surface area contributed by atoms with Gasteiger partial charge in [0.05, 0.1) is 5.56 Å². The van der Waals surface area contributed by atoms with Gasteiger partial charge in [-0.2, -0.15) is 4.98 Å². The number of nitrogens with zero attached hydrogens (tertiary/aromatic N) is 3. The van der Waals surface area contributed by atoms with Crippen molar-refractivity contribution < 1.29 is 14.7 Å². The topological polar surface area (TPSA) is 125 Å². The van der Waals surface area contributed by atoms with Crippen LogP contribution in [-0.2, 0) is 13.1 Å². The number of nitrogen functional groups attached to an aromatic ring is 1. The molecule has 1 aliphatic heterocycles. The molecule has 2 heterocycles. The van der Waals surface area contributed by atoms with E-state index in [2.05, 4.69) is 15.2 Å². The zero-order chi connectivity index (χ0) is 14.3. The molecular weight excluding hydrogens is 262 g/mol. The van der Waals surface area contributed by atoms with Crippen LogP contribution in [0.2, 0.25) is 0 Å². The van der Waals surface area contributed by atoms with Crippen LogP contribution in [0.3, 0.4) is 0 Å². The molecule has 1 amide bonds. The summed E-state index contributed by atoms with van der Waals surface area (Å²) in [7, 11) is 0. The van der Waals surface area contributed by atoms with Gasteiger partial charge < -0.3 is 15.7 Å². The Morgan fingerprint density at radius 3 is 2.70 bits per heavy atom. The van der Waals surface area contributed by atoms with Gasteiger partial charge in [-0.3, -0.25) is 9.89 Å². The standard InChI is InChI=1S/C12H11N5O3/c13-12-14-9(15-16-12)10(18)17-4-7-2-1-6(11(19)20)3-8(7)5-17/h1-3H,4-5H2,(H,19,20)(H3,13,14,15,16). The summed E-state index contributed by atoms with van der Waals surface area (Å²) in [5.41, 5.74) is 7.32. The molecule has 0 unspecified atom stereocenters.